The van der Waals surface area contributed by atoms with Gasteiger partial charge < -0.3 is 4.90 Å². The molecular formula is C15H26N2OS. The minimum Gasteiger partial charge on any atom is -0.348 e. The molecule has 0 saturated carbocycles. The number of hydrogen-bond donors (Lipinski definition) is 0. The Labute approximate surface area is 121 Å². The first-order chi connectivity index (χ1) is 8.90. The van der Waals surface area contributed by atoms with Crippen LogP contribution in [-0.4, -0.2) is 23.9 Å². The minimum atomic E-state index is 0.0511. The lowest BCUT2D eigenvalue weighted by Gasteiger charge is -2.23. The van der Waals surface area contributed by atoms with Gasteiger partial charge in [-0.1, -0.05) is 27.7 Å². The van der Waals surface area contributed by atoms with Crippen LogP contribution in [0.25, 0.3) is 0 Å². The molecule has 0 aliphatic carbocycles. The second-order valence-electron chi connectivity index (χ2n) is 5.92. The van der Waals surface area contributed by atoms with E-state index >= 15 is 0 Å². The molecule has 0 radical (unpaired) electrons. The summed E-state index contributed by atoms with van der Waals surface area (Å²) in [5.74, 6) is 1.43. The molecule has 0 spiro atoms. The molecule has 0 aromatic carbocycles. The van der Waals surface area contributed by atoms with Crippen LogP contribution >= 0.6 is 11.3 Å². The van der Waals surface area contributed by atoms with E-state index in [4.69, 9.17) is 0 Å². The zero-order valence-corrected chi connectivity index (χ0v) is 13.6. The van der Waals surface area contributed by atoms with Crippen molar-refractivity contribution in [1.29, 1.82) is 0 Å². The monoisotopic (exact) mass is 282 g/mol. The van der Waals surface area contributed by atoms with Crippen molar-refractivity contribution in [2.45, 2.75) is 47.5 Å². The van der Waals surface area contributed by atoms with Gasteiger partial charge in [-0.25, -0.2) is 4.98 Å². The van der Waals surface area contributed by atoms with Crippen molar-refractivity contribution in [3.8, 4) is 0 Å². The standard InChI is InChI=1S/C15H26N2OS/c1-11(2)6-8-17(9-7-12(3)4)15-16-14(10-19-15)13(5)18/h10-12H,6-9H2,1-5H3. The van der Waals surface area contributed by atoms with Gasteiger partial charge in [0.2, 0.25) is 0 Å². The maximum atomic E-state index is 11.3. The van der Waals surface area contributed by atoms with E-state index in [2.05, 4.69) is 37.6 Å². The summed E-state index contributed by atoms with van der Waals surface area (Å²) in [4.78, 5) is 18.1. The number of anilines is 1. The number of ketones is 1. The third-order valence-electron chi connectivity index (χ3n) is 3.08. The van der Waals surface area contributed by atoms with Crippen molar-refractivity contribution in [1.82, 2.24) is 4.98 Å². The Morgan fingerprint density at radius 2 is 1.74 bits per heavy atom. The van der Waals surface area contributed by atoms with Gasteiger partial charge in [0.25, 0.3) is 0 Å². The number of Topliss-reactive ketones (excluding diaryl/α,β-unsaturated/α-hetero) is 1. The number of rotatable bonds is 8. The van der Waals surface area contributed by atoms with E-state index < -0.39 is 0 Å². The SMILES string of the molecule is CC(=O)c1csc(N(CCC(C)C)CCC(C)C)n1. The second kappa shape index (κ2) is 7.63. The van der Waals surface area contributed by atoms with Crippen LogP contribution in [0.5, 0.6) is 0 Å². The Morgan fingerprint density at radius 1 is 1.21 bits per heavy atom. The van der Waals surface area contributed by atoms with Crippen molar-refractivity contribution >= 4 is 22.3 Å². The Bertz CT molecular complexity index is 387. The Morgan fingerprint density at radius 3 is 2.11 bits per heavy atom. The highest BCUT2D eigenvalue weighted by atomic mass is 32.1. The highest BCUT2D eigenvalue weighted by molar-refractivity contribution is 7.13. The molecule has 0 unspecified atom stereocenters. The van der Waals surface area contributed by atoms with Gasteiger partial charge in [-0.15, -0.1) is 11.3 Å². The summed E-state index contributed by atoms with van der Waals surface area (Å²) in [5, 5.41) is 2.86. The molecule has 0 aliphatic heterocycles. The first-order valence-electron chi connectivity index (χ1n) is 7.11. The van der Waals surface area contributed by atoms with Crippen molar-refractivity contribution < 1.29 is 4.79 Å². The molecule has 0 N–H and O–H groups in total. The van der Waals surface area contributed by atoms with Crippen LogP contribution in [-0.2, 0) is 0 Å². The number of carbonyl (C=O) groups excluding carboxylic acids is 1. The lowest BCUT2D eigenvalue weighted by molar-refractivity contribution is 0.101. The molecule has 1 rings (SSSR count). The molecule has 4 heteroatoms. The molecule has 0 amide bonds. The van der Waals surface area contributed by atoms with Crippen LogP contribution in [0.2, 0.25) is 0 Å². The van der Waals surface area contributed by atoms with Crippen molar-refractivity contribution in [2.24, 2.45) is 11.8 Å². The molecule has 0 saturated heterocycles. The van der Waals surface area contributed by atoms with Crippen LogP contribution < -0.4 is 4.90 Å². The van der Waals surface area contributed by atoms with E-state index in [-0.39, 0.29) is 5.78 Å². The van der Waals surface area contributed by atoms with Crippen LogP contribution in [0, 0.1) is 11.8 Å². The maximum absolute atomic E-state index is 11.3. The smallest absolute Gasteiger partial charge is 0.185 e. The summed E-state index contributed by atoms with van der Waals surface area (Å²) in [6.45, 7) is 12.6. The molecule has 1 aromatic rings. The zero-order chi connectivity index (χ0) is 14.4. The van der Waals surface area contributed by atoms with Crippen LogP contribution in [0.4, 0.5) is 5.13 Å². The van der Waals surface area contributed by atoms with E-state index in [1.165, 1.54) is 0 Å². The third-order valence-corrected chi connectivity index (χ3v) is 3.98. The fourth-order valence-electron chi connectivity index (χ4n) is 1.70. The normalized spacial score (nSPS) is 11.3. The number of aromatic nitrogens is 1. The van der Waals surface area contributed by atoms with Crippen LogP contribution in [0.1, 0.15) is 57.9 Å². The Hall–Kier alpha value is -0.900. The molecule has 19 heavy (non-hydrogen) atoms. The van der Waals surface area contributed by atoms with Gasteiger partial charge >= 0.3 is 0 Å². The van der Waals surface area contributed by atoms with E-state index in [1.54, 1.807) is 18.3 Å². The maximum Gasteiger partial charge on any atom is 0.185 e. The van der Waals surface area contributed by atoms with Gasteiger partial charge in [0.15, 0.2) is 10.9 Å². The van der Waals surface area contributed by atoms with Crippen molar-refractivity contribution in [3.63, 3.8) is 0 Å². The van der Waals surface area contributed by atoms with Gasteiger partial charge in [0, 0.05) is 25.4 Å². The van der Waals surface area contributed by atoms with Gasteiger partial charge in [-0.3, -0.25) is 4.79 Å². The quantitative estimate of drug-likeness (QED) is 0.668. The molecule has 0 fully saturated rings. The summed E-state index contributed by atoms with van der Waals surface area (Å²) in [6, 6.07) is 0. The molecule has 0 atom stereocenters. The number of thiazole rings is 1. The average Bonchev–Trinajstić information content (AvgIpc) is 2.77. The van der Waals surface area contributed by atoms with E-state index in [1.807, 2.05) is 5.38 Å². The molecule has 3 nitrogen and oxygen atoms in total. The fraction of sp³-hybridized carbons (Fsp3) is 0.733. The average molecular weight is 282 g/mol. The molecule has 0 aliphatic rings. The summed E-state index contributed by atoms with van der Waals surface area (Å²) in [5.41, 5.74) is 0.596. The topological polar surface area (TPSA) is 33.2 Å². The summed E-state index contributed by atoms with van der Waals surface area (Å²) in [6.07, 6.45) is 2.32. The second-order valence-corrected chi connectivity index (χ2v) is 6.76. The third kappa shape index (κ3) is 5.72. The van der Waals surface area contributed by atoms with Crippen LogP contribution in [0.3, 0.4) is 0 Å². The summed E-state index contributed by atoms with van der Waals surface area (Å²) >= 11 is 1.58. The Balaban J connectivity index is 2.72. The first kappa shape index (κ1) is 16.2. The molecular weight excluding hydrogens is 256 g/mol. The number of carbonyl (C=O) groups is 1. The Kier molecular flexibility index (Phi) is 6.49. The predicted octanol–water partition coefficient (Wildman–Crippen LogP) is 4.24. The largest absolute Gasteiger partial charge is 0.348 e. The molecule has 0 bridgehead atoms. The van der Waals surface area contributed by atoms with Crippen molar-refractivity contribution in [3.05, 3.63) is 11.1 Å². The molecule has 1 heterocycles. The van der Waals surface area contributed by atoms with E-state index in [0.29, 0.717) is 17.5 Å². The highest BCUT2D eigenvalue weighted by Gasteiger charge is 2.14. The lowest BCUT2D eigenvalue weighted by atomic mass is 10.1. The minimum absolute atomic E-state index is 0.0511. The van der Waals surface area contributed by atoms with E-state index in [9.17, 15) is 4.79 Å². The fourth-order valence-corrected chi connectivity index (χ4v) is 2.62. The predicted molar refractivity (Wildman–Crippen MR) is 83.2 cm³/mol. The summed E-state index contributed by atoms with van der Waals surface area (Å²) in [7, 11) is 0. The van der Waals surface area contributed by atoms with Crippen molar-refractivity contribution in [2.75, 3.05) is 18.0 Å². The zero-order valence-electron chi connectivity index (χ0n) is 12.8. The van der Waals surface area contributed by atoms with Gasteiger partial charge in [0.05, 0.1) is 0 Å². The van der Waals surface area contributed by atoms with Gasteiger partial charge in [0.1, 0.15) is 5.69 Å². The number of hydrogen-bond acceptors (Lipinski definition) is 4. The van der Waals surface area contributed by atoms with Gasteiger partial charge in [-0.2, -0.15) is 0 Å². The molecule has 108 valence electrons. The molecule has 1 aromatic heterocycles. The number of nitrogens with zero attached hydrogens (tertiary/aromatic N) is 2. The first-order valence-corrected chi connectivity index (χ1v) is 7.99. The van der Waals surface area contributed by atoms with Gasteiger partial charge in [-0.05, 0) is 24.7 Å². The van der Waals surface area contributed by atoms with Crippen LogP contribution in [0.15, 0.2) is 5.38 Å². The van der Waals surface area contributed by atoms with E-state index in [0.717, 1.165) is 31.1 Å². The lowest BCUT2D eigenvalue weighted by Crippen LogP contribution is -2.27. The summed E-state index contributed by atoms with van der Waals surface area (Å²) < 4.78 is 0. The highest BCUT2D eigenvalue weighted by Crippen LogP contribution is 2.22.